The molecule has 5 nitrogen and oxygen atoms in total. The normalized spacial score (nSPS) is 15.7. The minimum Gasteiger partial charge on any atom is -0.311 e. The lowest BCUT2D eigenvalue weighted by molar-refractivity contribution is -0.122. The van der Waals surface area contributed by atoms with Crippen LogP contribution in [0.3, 0.4) is 0 Å². The molecule has 0 radical (unpaired) electrons. The molecule has 0 aliphatic carbocycles. The zero-order chi connectivity index (χ0) is 17.6. The lowest BCUT2D eigenvalue weighted by atomic mass is 10.2. The first kappa shape index (κ1) is 17.3. The minimum atomic E-state index is -0.209. The second-order valence-corrected chi connectivity index (χ2v) is 6.93. The Kier molecular flexibility index (Phi) is 5.57. The summed E-state index contributed by atoms with van der Waals surface area (Å²) in [7, 11) is 0. The van der Waals surface area contributed by atoms with Gasteiger partial charge in [0.15, 0.2) is 0 Å². The summed E-state index contributed by atoms with van der Waals surface area (Å²) in [6.07, 6.45) is 3.57. The van der Waals surface area contributed by atoms with Crippen molar-refractivity contribution in [1.82, 2.24) is 9.88 Å². The summed E-state index contributed by atoms with van der Waals surface area (Å²) < 4.78 is 0.470. The number of nitrogens with zero attached hydrogens (tertiary/aromatic N) is 2. The molecule has 2 aromatic rings. The van der Waals surface area contributed by atoms with E-state index in [1.54, 1.807) is 24.4 Å². The number of thiocarbonyl (C=S) groups is 1. The van der Waals surface area contributed by atoms with Crippen LogP contribution in [0.5, 0.6) is 0 Å². The number of thioether (sulfide) groups is 1. The van der Waals surface area contributed by atoms with Crippen LogP contribution < -0.4 is 5.32 Å². The first-order valence-electron chi connectivity index (χ1n) is 7.65. The Labute approximate surface area is 155 Å². The molecule has 2 amide bonds. The molecule has 2 heterocycles. The highest BCUT2D eigenvalue weighted by Crippen LogP contribution is 2.32. The van der Waals surface area contributed by atoms with Gasteiger partial charge >= 0.3 is 0 Å². The summed E-state index contributed by atoms with van der Waals surface area (Å²) >= 11 is 6.53. The van der Waals surface area contributed by atoms with Gasteiger partial charge in [-0.15, -0.1) is 0 Å². The van der Waals surface area contributed by atoms with Crippen LogP contribution in [0.25, 0.3) is 6.08 Å². The average Bonchev–Trinajstić information content (AvgIpc) is 2.88. The Morgan fingerprint density at radius 2 is 1.96 bits per heavy atom. The van der Waals surface area contributed by atoms with Gasteiger partial charge in [0.25, 0.3) is 5.91 Å². The molecule has 1 aromatic heterocycles. The molecule has 1 fully saturated rings. The molecule has 25 heavy (non-hydrogen) atoms. The fourth-order valence-electron chi connectivity index (χ4n) is 2.25. The van der Waals surface area contributed by atoms with E-state index in [1.165, 1.54) is 16.7 Å². The van der Waals surface area contributed by atoms with Crippen LogP contribution in [0.15, 0.2) is 59.6 Å². The third-order valence-corrected chi connectivity index (χ3v) is 4.84. The number of pyridine rings is 1. The molecule has 0 atom stereocenters. The highest BCUT2D eigenvalue weighted by molar-refractivity contribution is 8.26. The molecular formula is C18H15N3O2S2. The van der Waals surface area contributed by atoms with Crippen LogP contribution in [0.4, 0.5) is 5.82 Å². The molecule has 0 bridgehead atoms. The van der Waals surface area contributed by atoms with Crippen LogP contribution in [-0.2, 0) is 9.59 Å². The molecule has 0 saturated carbocycles. The van der Waals surface area contributed by atoms with E-state index in [0.717, 1.165) is 5.56 Å². The van der Waals surface area contributed by atoms with Crippen LogP contribution in [0.2, 0.25) is 0 Å². The van der Waals surface area contributed by atoms with E-state index in [9.17, 15) is 9.59 Å². The predicted molar refractivity (Wildman–Crippen MR) is 104 cm³/mol. The van der Waals surface area contributed by atoms with Crippen molar-refractivity contribution in [3.8, 4) is 0 Å². The third-order valence-electron chi connectivity index (χ3n) is 3.47. The van der Waals surface area contributed by atoms with Gasteiger partial charge in [-0.25, -0.2) is 4.98 Å². The topological polar surface area (TPSA) is 62.3 Å². The van der Waals surface area contributed by atoms with Gasteiger partial charge < -0.3 is 5.32 Å². The Bertz CT molecular complexity index is 823. The van der Waals surface area contributed by atoms with Gasteiger partial charge in [0.05, 0.1) is 4.91 Å². The van der Waals surface area contributed by atoms with E-state index >= 15 is 0 Å². The Balaban J connectivity index is 1.59. The highest BCUT2D eigenvalue weighted by atomic mass is 32.2. The van der Waals surface area contributed by atoms with Crippen molar-refractivity contribution in [2.45, 2.75) is 6.42 Å². The molecule has 1 saturated heterocycles. The van der Waals surface area contributed by atoms with E-state index in [2.05, 4.69) is 10.3 Å². The second-order valence-electron chi connectivity index (χ2n) is 5.26. The van der Waals surface area contributed by atoms with Gasteiger partial charge in [0.2, 0.25) is 5.91 Å². The van der Waals surface area contributed by atoms with E-state index in [4.69, 9.17) is 12.2 Å². The smallest absolute Gasteiger partial charge is 0.266 e. The number of hydrogen-bond acceptors (Lipinski definition) is 5. The number of aromatic nitrogens is 1. The number of carbonyl (C=O) groups is 2. The summed E-state index contributed by atoms with van der Waals surface area (Å²) in [5.74, 6) is 0.117. The lowest BCUT2D eigenvalue weighted by Crippen LogP contribution is -2.31. The number of amides is 2. The number of nitrogens with one attached hydrogen (secondary N) is 1. The number of benzene rings is 1. The molecule has 7 heteroatoms. The van der Waals surface area contributed by atoms with Crippen LogP contribution >= 0.6 is 24.0 Å². The van der Waals surface area contributed by atoms with E-state index in [-0.39, 0.29) is 24.8 Å². The molecule has 126 valence electrons. The first-order chi connectivity index (χ1) is 12.1. The summed E-state index contributed by atoms with van der Waals surface area (Å²) in [6, 6.07) is 14.9. The Hall–Kier alpha value is -2.51. The summed E-state index contributed by atoms with van der Waals surface area (Å²) in [5.41, 5.74) is 0.941. The summed E-state index contributed by atoms with van der Waals surface area (Å²) in [5, 5.41) is 2.69. The summed E-state index contributed by atoms with van der Waals surface area (Å²) in [4.78, 5) is 30.6. The molecule has 1 aliphatic heterocycles. The highest BCUT2D eigenvalue weighted by Gasteiger charge is 2.32. The number of anilines is 1. The van der Waals surface area contributed by atoms with Crippen molar-refractivity contribution in [2.24, 2.45) is 0 Å². The van der Waals surface area contributed by atoms with Gasteiger partial charge in [0, 0.05) is 19.2 Å². The van der Waals surface area contributed by atoms with E-state index in [1.807, 2.05) is 36.4 Å². The van der Waals surface area contributed by atoms with Gasteiger partial charge in [-0.1, -0.05) is 60.4 Å². The summed E-state index contributed by atoms with van der Waals surface area (Å²) in [6.45, 7) is 0.245. The SMILES string of the molecule is O=C(CCN1C(=O)/C(=C\c2ccccc2)SC1=S)Nc1ccccn1. The Morgan fingerprint density at radius 1 is 1.20 bits per heavy atom. The molecule has 3 rings (SSSR count). The minimum absolute atomic E-state index is 0.154. The zero-order valence-corrected chi connectivity index (χ0v) is 14.8. The molecule has 0 spiro atoms. The van der Waals surface area contributed by atoms with Crippen LogP contribution in [0, 0.1) is 0 Å². The molecular weight excluding hydrogens is 354 g/mol. The van der Waals surface area contributed by atoms with Crippen LogP contribution in [-0.4, -0.2) is 32.6 Å². The third kappa shape index (κ3) is 4.52. The first-order valence-corrected chi connectivity index (χ1v) is 8.87. The average molecular weight is 369 g/mol. The number of hydrogen-bond donors (Lipinski definition) is 1. The second kappa shape index (κ2) is 8.04. The number of rotatable bonds is 5. The van der Waals surface area contributed by atoms with Gasteiger partial charge in [-0.05, 0) is 23.8 Å². The van der Waals surface area contributed by atoms with E-state index in [0.29, 0.717) is 15.0 Å². The van der Waals surface area contributed by atoms with Gasteiger partial charge in [-0.3, -0.25) is 14.5 Å². The van der Waals surface area contributed by atoms with E-state index < -0.39 is 0 Å². The zero-order valence-electron chi connectivity index (χ0n) is 13.2. The lowest BCUT2D eigenvalue weighted by Gasteiger charge is -2.13. The monoisotopic (exact) mass is 369 g/mol. The van der Waals surface area contributed by atoms with Gasteiger partial charge in [0.1, 0.15) is 10.1 Å². The predicted octanol–water partition coefficient (Wildman–Crippen LogP) is 3.31. The molecule has 1 N–H and O–H groups in total. The van der Waals surface area contributed by atoms with Gasteiger partial charge in [-0.2, -0.15) is 0 Å². The maximum atomic E-state index is 12.5. The maximum absolute atomic E-state index is 12.5. The molecule has 1 aromatic carbocycles. The largest absolute Gasteiger partial charge is 0.311 e. The van der Waals surface area contributed by atoms with Crippen molar-refractivity contribution >= 4 is 52.0 Å². The van der Waals surface area contributed by atoms with Crippen molar-refractivity contribution < 1.29 is 9.59 Å². The quantitative estimate of drug-likeness (QED) is 0.647. The Morgan fingerprint density at radius 3 is 2.68 bits per heavy atom. The van der Waals surface area contributed by atoms with Crippen molar-refractivity contribution in [3.05, 3.63) is 65.2 Å². The fourth-order valence-corrected chi connectivity index (χ4v) is 3.56. The standard InChI is InChI=1S/C18H15N3O2S2/c22-16(20-15-8-4-5-10-19-15)9-11-21-17(23)14(25-18(21)24)12-13-6-2-1-3-7-13/h1-8,10,12H,9,11H2,(H,19,20,22)/b14-12+. The van der Waals surface area contributed by atoms with Crippen molar-refractivity contribution in [3.63, 3.8) is 0 Å². The maximum Gasteiger partial charge on any atom is 0.266 e. The molecule has 0 unspecified atom stereocenters. The van der Waals surface area contributed by atoms with Crippen molar-refractivity contribution in [1.29, 1.82) is 0 Å². The number of carbonyl (C=O) groups excluding carboxylic acids is 2. The van der Waals surface area contributed by atoms with Crippen molar-refractivity contribution in [2.75, 3.05) is 11.9 Å². The van der Waals surface area contributed by atoms with Crippen LogP contribution in [0.1, 0.15) is 12.0 Å². The molecule has 1 aliphatic rings. The fraction of sp³-hybridized carbons (Fsp3) is 0.111.